The third kappa shape index (κ3) is 5.76. The number of nitrogens with two attached hydrogens (primary N) is 1. The highest BCUT2D eigenvalue weighted by molar-refractivity contribution is 7.89. The van der Waals surface area contributed by atoms with Crippen molar-refractivity contribution in [1.29, 1.82) is 0 Å². The maximum absolute atomic E-state index is 12.9. The number of hydrogen-bond acceptors (Lipinski definition) is 4. The van der Waals surface area contributed by atoms with Gasteiger partial charge in [0.25, 0.3) is 0 Å². The van der Waals surface area contributed by atoms with Crippen molar-refractivity contribution < 1.29 is 13.2 Å². The van der Waals surface area contributed by atoms with E-state index in [1.807, 2.05) is 0 Å². The quantitative estimate of drug-likeness (QED) is 0.459. The summed E-state index contributed by atoms with van der Waals surface area (Å²) in [5.74, 6) is 0.803. The first-order valence-electron chi connectivity index (χ1n) is 12.6. The second-order valence-corrected chi connectivity index (χ2v) is 11.4. The first-order chi connectivity index (χ1) is 16.7. The normalized spacial score (nSPS) is 15.9. The van der Waals surface area contributed by atoms with Gasteiger partial charge >= 0.3 is 0 Å². The monoisotopic (exact) mass is 496 g/mol. The lowest BCUT2D eigenvalue weighted by Crippen LogP contribution is -2.42. The number of nitrogens with zero attached hydrogens (tertiary/aromatic N) is 2. The molecule has 1 aliphatic rings. The largest absolute Gasteiger partial charge is 0.355 e. The number of aromatic nitrogens is 2. The molecular formula is C27H36N4O3S. The lowest BCUT2D eigenvalue weighted by atomic mass is 9.69. The minimum Gasteiger partial charge on any atom is -0.355 e. The summed E-state index contributed by atoms with van der Waals surface area (Å²) in [6, 6.07) is 13.5. The number of benzene rings is 2. The van der Waals surface area contributed by atoms with Gasteiger partial charge in [-0.2, -0.15) is 0 Å². The SMILES string of the molecule is CCCn1c(CCC(=O)NCC2(c3cccc(C)c3)CCCCC2)nc2cc(S(N)(=O)=O)ccc21. The van der Waals surface area contributed by atoms with Gasteiger partial charge in [0.05, 0.1) is 15.9 Å². The molecule has 0 radical (unpaired) electrons. The molecule has 2 aromatic carbocycles. The Morgan fingerprint density at radius 3 is 2.60 bits per heavy atom. The zero-order valence-electron chi connectivity index (χ0n) is 20.7. The van der Waals surface area contributed by atoms with Crippen molar-refractivity contribution in [3.05, 3.63) is 59.4 Å². The molecule has 1 saturated carbocycles. The number of sulfonamides is 1. The minimum atomic E-state index is -3.80. The summed E-state index contributed by atoms with van der Waals surface area (Å²) in [4.78, 5) is 17.6. The van der Waals surface area contributed by atoms with Gasteiger partial charge in [0.2, 0.25) is 15.9 Å². The maximum Gasteiger partial charge on any atom is 0.238 e. The molecule has 0 aliphatic heterocycles. The van der Waals surface area contributed by atoms with Crippen LogP contribution in [0.2, 0.25) is 0 Å². The Kier molecular flexibility index (Phi) is 7.62. The number of aryl methyl sites for hydroxylation is 3. The molecule has 8 heteroatoms. The van der Waals surface area contributed by atoms with E-state index in [1.165, 1.54) is 42.5 Å². The van der Waals surface area contributed by atoms with Crippen molar-refractivity contribution in [2.45, 2.75) is 82.1 Å². The molecule has 4 rings (SSSR count). The zero-order chi connectivity index (χ0) is 25.1. The molecule has 0 spiro atoms. The van der Waals surface area contributed by atoms with Crippen LogP contribution in [0.5, 0.6) is 0 Å². The van der Waals surface area contributed by atoms with Gasteiger partial charge in [0, 0.05) is 31.3 Å². The van der Waals surface area contributed by atoms with Crippen LogP contribution in [0.15, 0.2) is 47.4 Å². The minimum absolute atomic E-state index is 0.000591. The van der Waals surface area contributed by atoms with Crippen molar-refractivity contribution in [3.63, 3.8) is 0 Å². The number of rotatable bonds is 9. The Hall–Kier alpha value is -2.71. The molecule has 3 N–H and O–H groups in total. The number of nitrogens with one attached hydrogen (secondary N) is 1. The molecule has 188 valence electrons. The molecule has 1 fully saturated rings. The van der Waals surface area contributed by atoms with E-state index >= 15 is 0 Å². The van der Waals surface area contributed by atoms with Crippen molar-refractivity contribution in [2.24, 2.45) is 5.14 Å². The van der Waals surface area contributed by atoms with E-state index < -0.39 is 10.0 Å². The average Bonchev–Trinajstić information content (AvgIpc) is 3.18. The van der Waals surface area contributed by atoms with Crippen molar-refractivity contribution in [2.75, 3.05) is 6.54 Å². The smallest absolute Gasteiger partial charge is 0.238 e. The summed E-state index contributed by atoms with van der Waals surface area (Å²) in [7, 11) is -3.80. The van der Waals surface area contributed by atoms with Crippen LogP contribution in [-0.4, -0.2) is 30.4 Å². The Bertz CT molecular complexity index is 1310. The Morgan fingerprint density at radius 1 is 1.14 bits per heavy atom. The predicted molar refractivity (Wildman–Crippen MR) is 139 cm³/mol. The first kappa shape index (κ1) is 25.4. The van der Waals surface area contributed by atoms with Gasteiger partial charge in [0.15, 0.2) is 0 Å². The van der Waals surface area contributed by atoms with Gasteiger partial charge in [-0.05, 0) is 49.9 Å². The summed E-state index contributed by atoms with van der Waals surface area (Å²) in [6.45, 7) is 5.60. The van der Waals surface area contributed by atoms with E-state index in [-0.39, 0.29) is 16.2 Å². The van der Waals surface area contributed by atoms with E-state index in [1.54, 1.807) is 6.07 Å². The van der Waals surface area contributed by atoms with Crippen LogP contribution < -0.4 is 10.5 Å². The third-order valence-corrected chi connectivity index (χ3v) is 8.13. The highest BCUT2D eigenvalue weighted by Crippen LogP contribution is 2.39. The Labute approximate surface area is 208 Å². The molecule has 7 nitrogen and oxygen atoms in total. The summed E-state index contributed by atoms with van der Waals surface area (Å²) in [5.41, 5.74) is 4.02. The number of primary sulfonamides is 1. The molecule has 0 bridgehead atoms. The second-order valence-electron chi connectivity index (χ2n) is 9.86. The highest BCUT2D eigenvalue weighted by atomic mass is 32.2. The van der Waals surface area contributed by atoms with Crippen LogP contribution >= 0.6 is 0 Å². The molecule has 1 aromatic heterocycles. The van der Waals surface area contributed by atoms with E-state index in [2.05, 4.69) is 53.0 Å². The Morgan fingerprint density at radius 2 is 1.91 bits per heavy atom. The number of hydrogen-bond donors (Lipinski definition) is 2. The van der Waals surface area contributed by atoms with Gasteiger partial charge in [-0.15, -0.1) is 0 Å². The van der Waals surface area contributed by atoms with Crippen LogP contribution in [-0.2, 0) is 33.2 Å². The fourth-order valence-corrected chi connectivity index (χ4v) is 5.89. The summed E-state index contributed by atoms with van der Waals surface area (Å²) in [5, 5.41) is 8.51. The standard InChI is InChI=1S/C27H36N4O3S/c1-3-16-31-24-11-10-22(35(28,33)34)18-23(24)30-25(31)12-13-26(32)29-19-27(14-5-4-6-15-27)21-9-7-8-20(2)17-21/h7-11,17-18H,3-6,12-16,19H2,1-2H3,(H,29,32)(H2,28,33,34). The topological polar surface area (TPSA) is 107 Å². The lowest BCUT2D eigenvalue weighted by Gasteiger charge is -2.38. The molecule has 0 unspecified atom stereocenters. The zero-order valence-corrected chi connectivity index (χ0v) is 21.5. The molecule has 3 aromatic rings. The van der Waals surface area contributed by atoms with Crippen LogP contribution in [0.1, 0.15) is 68.8 Å². The van der Waals surface area contributed by atoms with E-state index in [0.717, 1.165) is 37.1 Å². The average molecular weight is 497 g/mol. The number of imidazole rings is 1. The van der Waals surface area contributed by atoms with Gasteiger partial charge in [-0.3, -0.25) is 4.79 Å². The van der Waals surface area contributed by atoms with Crippen LogP contribution in [0.25, 0.3) is 11.0 Å². The van der Waals surface area contributed by atoms with Gasteiger partial charge in [0.1, 0.15) is 5.82 Å². The van der Waals surface area contributed by atoms with Crippen LogP contribution in [0, 0.1) is 6.92 Å². The predicted octanol–water partition coefficient (Wildman–Crippen LogP) is 4.35. The number of fused-ring (bicyclic) bond motifs is 1. The maximum atomic E-state index is 12.9. The van der Waals surface area contributed by atoms with Gasteiger partial charge in [-0.25, -0.2) is 18.5 Å². The lowest BCUT2D eigenvalue weighted by molar-refractivity contribution is -0.121. The fourth-order valence-electron chi connectivity index (χ4n) is 5.35. The number of carbonyl (C=O) groups is 1. The number of carbonyl (C=O) groups excluding carboxylic acids is 1. The van der Waals surface area contributed by atoms with Crippen molar-refractivity contribution in [3.8, 4) is 0 Å². The van der Waals surface area contributed by atoms with Crippen LogP contribution in [0.4, 0.5) is 0 Å². The van der Waals surface area contributed by atoms with Crippen LogP contribution in [0.3, 0.4) is 0 Å². The molecule has 1 heterocycles. The highest BCUT2D eigenvalue weighted by Gasteiger charge is 2.34. The van der Waals surface area contributed by atoms with Crippen molar-refractivity contribution in [1.82, 2.24) is 14.9 Å². The molecule has 0 atom stereocenters. The molecule has 1 aliphatic carbocycles. The van der Waals surface area contributed by atoms with Crippen molar-refractivity contribution >= 4 is 27.0 Å². The summed E-state index contributed by atoms with van der Waals surface area (Å²) in [6.07, 6.45) is 7.53. The van der Waals surface area contributed by atoms with Gasteiger partial charge < -0.3 is 9.88 Å². The first-order valence-corrected chi connectivity index (χ1v) is 14.1. The third-order valence-electron chi connectivity index (χ3n) is 7.22. The molecular weight excluding hydrogens is 460 g/mol. The van der Waals surface area contributed by atoms with E-state index in [0.29, 0.717) is 24.9 Å². The molecule has 35 heavy (non-hydrogen) atoms. The molecule has 0 saturated heterocycles. The van der Waals surface area contributed by atoms with E-state index in [9.17, 15) is 13.2 Å². The summed E-state index contributed by atoms with van der Waals surface area (Å²) < 4.78 is 25.6. The molecule has 1 amide bonds. The second kappa shape index (κ2) is 10.5. The van der Waals surface area contributed by atoms with Gasteiger partial charge in [-0.1, -0.05) is 56.0 Å². The Balaban J connectivity index is 1.47. The fraction of sp³-hybridized carbons (Fsp3) is 0.481. The number of amides is 1. The summed E-state index contributed by atoms with van der Waals surface area (Å²) >= 11 is 0. The van der Waals surface area contributed by atoms with E-state index in [4.69, 9.17) is 5.14 Å².